The minimum atomic E-state index is -4.78. The molecule has 2 saturated carbocycles. The van der Waals surface area contributed by atoms with Gasteiger partial charge in [0.15, 0.2) is 0 Å². The second-order valence-corrected chi connectivity index (χ2v) is 9.40. The fraction of sp³-hybridized carbons (Fsp3) is 0.609. The number of carbonyl (C=O) groups is 2. The van der Waals surface area contributed by atoms with E-state index < -0.39 is 41.7 Å². The van der Waals surface area contributed by atoms with Gasteiger partial charge in [0, 0.05) is 32.4 Å². The monoisotopic (exact) mass is 511 g/mol. The smallest absolute Gasteiger partial charge is 0.421 e. The lowest BCUT2D eigenvalue weighted by atomic mass is 9.87. The molecule has 2 aliphatic rings. The summed E-state index contributed by atoms with van der Waals surface area (Å²) < 4.78 is 54.0. The van der Waals surface area contributed by atoms with Crippen molar-refractivity contribution in [2.24, 2.45) is 18.9 Å². The topological polar surface area (TPSA) is 120 Å². The number of alkyl halides is 3. The van der Waals surface area contributed by atoms with Gasteiger partial charge in [0.05, 0.1) is 5.92 Å². The van der Waals surface area contributed by atoms with Crippen molar-refractivity contribution in [2.45, 2.75) is 57.4 Å². The molecule has 2 aromatic rings. The fourth-order valence-electron chi connectivity index (χ4n) is 4.28. The maximum atomic E-state index is 13.9. The summed E-state index contributed by atoms with van der Waals surface area (Å²) in [7, 11) is 3.18. The van der Waals surface area contributed by atoms with E-state index in [0.717, 1.165) is 18.9 Å². The van der Waals surface area contributed by atoms with Gasteiger partial charge in [-0.1, -0.05) is 5.21 Å². The summed E-state index contributed by atoms with van der Waals surface area (Å²) in [5.74, 6) is -1.78. The molecule has 0 radical (unpaired) electrons. The summed E-state index contributed by atoms with van der Waals surface area (Å²) >= 11 is 0. The molecule has 0 aromatic carbocycles. The Balaban J connectivity index is 1.53. The Morgan fingerprint density at radius 2 is 2.00 bits per heavy atom. The molecule has 0 unspecified atom stereocenters. The highest BCUT2D eigenvalue weighted by molar-refractivity contribution is 5.70. The zero-order valence-corrected chi connectivity index (χ0v) is 20.0. The van der Waals surface area contributed by atoms with Crippen LogP contribution < -0.4 is 4.74 Å². The first kappa shape index (κ1) is 25.7. The Hall–Kier alpha value is -3.38. The van der Waals surface area contributed by atoms with Crippen molar-refractivity contribution in [1.29, 1.82) is 0 Å². The molecular weight excluding hydrogens is 483 g/mol. The van der Waals surface area contributed by atoms with Crippen molar-refractivity contribution >= 4 is 12.1 Å². The fourth-order valence-corrected chi connectivity index (χ4v) is 4.28. The number of pyridine rings is 1. The molecule has 2 heterocycles. The van der Waals surface area contributed by atoms with E-state index in [1.807, 2.05) is 0 Å². The Kier molecular flexibility index (Phi) is 7.36. The van der Waals surface area contributed by atoms with Gasteiger partial charge < -0.3 is 19.5 Å². The zero-order chi connectivity index (χ0) is 26.0. The number of aliphatic carboxylic acids is 1. The summed E-state index contributed by atoms with van der Waals surface area (Å²) in [5, 5.41) is 17.1. The molecular formula is C23H28F3N5O5. The predicted molar refractivity (Wildman–Crippen MR) is 119 cm³/mol. The van der Waals surface area contributed by atoms with Crippen LogP contribution in [0.2, 0.25) is 0 Å². The SMILES string of the molecule is CN(CC1CC1)C(=O)OCc1c(-c2cnc(O[C@H]3CCC[C@H](C(=O)O)C3)c(C(F)(F)F)c2)nnn1C. The van der Waals surface area contributed by atoms with Gasteiger partial charge in [-0.25, -0.2) is 14.5 Å². The molecule has 1 amide bonds. The summed E-state index contributed by atoms with van der Waals surface area (Å²) in [6.07, 6.45) is -1.11. The van der Waals surface area contributed by atoms with Crippen molar-refractivity contribution in [3.63, 3.8) is 0 Å². The first-order valence-corrected chi connectivity index (χ1v) is 11.8. The van der Waals surface area contributed by atoms with Gasteiger partial charge in [-0.3, -0.25) is 4.79 Å². The molecule has 196 valence electrons. The molecule has 0 bridgehead atoms. The van der Waals surface area contributed by atoms with Gasteiger partial charge in [-0.2, -0.15) is 13.2 Å². The third kappa shape index (κ3) is 6.05. The number of halogens is 3. The molecule has 1 N–H and O–H groups in total. The van der Waals surface area contributed by atoms with Gasteiger partial charge in [-0.05, 0) is 50.5 Å². The van der Waals surface area contributed by atoms with E-state index in [0.29, 0.717) is 37.4 Å². The van der Waals surface area contributed by atoms with Crippen molar-refractivity contribution in [3.8, 4) is 17.1 Å². The van der Waals surface area contributed by atoms with Crippen LogP contribution in [0.3, 0.4) is 0 Å². The summed E-state index contributed by atoms with van der Waals surface area (Å²) in [4.78, 5) is 29.0. The Morgan fingerprint density at radius 3 is 2.67 bits per heavy atom. The maximum Gasteiger partial charge on any atom is 0.421 e. The third-order valence-corrected chi connectivity index (χ3v) is 6.50. The molecule has 2 atom stereocenters. The van der Waals surface area contributed by atoms with Crippen molar-refractivity contribution in [3.05, 3.63) is 23.5 Å². The van der Waals surface area contributed by atoms with Crippen LogP contribution in [0.5, 0.6) is 5.88 Å². The summed E-state index contributed by atoms with van der Waals surface area (Å²) in [5.41, 5.74) is -0.658. The number of ether oxygens (including phenoxy) is 2. The van der Waals surface area contributed by atoms with Crippen molar-refractivity contribution < 1.29 is 37.3 Å². The van der Waals surface area contributed by atoms with E-state index in [2.05, 4.69) is 15.3 Å². The predicted octanol–water partition coefficient (Wildman–Crippen LogP) is 3.90. The molecule has 0 aliphatic heterocycles. The number of hydrogen-bond acceptors (Lipinski definition) is 7. The molecule has 0 saturated heterocycles. The van der Waals surface area contributed by atoms with Gasteiger partial charge in [0.1, 0.15) is 29.7 Å². The maximum absolute atomic E-state index is 13.9. The first-order chi connectivity index (χ1) is 17.0. The summed E-state index contributed by atoms with van der Waals surface area (Å²) in [6, 6.07) is 0.869. The van der Waals surface area contributed by atoms with Gasteiger partial charge in [-0.15, -0.1) is 5.10 Å². The third-order valence-electron chi connectivity index (χ3n) is 6.50. The average Bonchev–Trinajstić information content (AvgIpc) is 3.57. The van der Waals surface area contributed by atoms with E-state index in [1.54, 1.807) is 14.1 Å². The number of hydrogen-bond donors (Lipinski definition) is 1. The molecule has 2 aromatic heterocycles. The quantitative estimate of drug-likeness (QED) is 0.567. The second kappa shape index (κ2) is 10.3. The van der Waals surface area contributed by atoms with E-state index >= 15 is 0 Å². The van der Waals surface area contributed by atoms with Crippen LogP contribution in [0.1, 0.15) is 49.8 Å². The lowest BCUT2D eigenvalue weighted by Crippen LogP contribution is -2.30. The molecule has 0 spiro atoms. The van der Waals surface area contributed by atoms with E-state index in [1.165, 1.54) is 15.8 Å². The van der Waals surface area contributed by atoms with Crippen LogP contribution in [-0.4, -0.2) is 61.7 Å². The molecule has 2 aliphatic carbocycles. The highest BCUT2D eigenvalue weighted by Crippen LogP contribution is 2.39. The second-order valence-electron chi connectivity index (χ2n) is 9.40. The largest absolute Gasteiger partial charge is 0.481 e. The number of nitrogens with zero attached hydrogens (tertiary/aromatic N) is 5. The molecule has 4 rings (SSSR count). The minimum absolute atomic E-state index is 0.0345. The van der Waals surface area contributed by atoms with Crippen molar-refractivity contribution in [2.75, 3.05) is 13.6 Å². The highest BCUT2D eigenvalue weighted by atomic mass is 19.4. The van der Waals surface area contributed by atoms with Crippen LogP contribution in [-0.2, 0) is 29.4 Å². The zero-order valence-electron chi connectivity index (χ0n) is 20.0. The number of carboxylic acids is 1. The first-order valence-electron chi connectivity index (χ1n) is 11.8. The van der Waals surface area contributed by atoms with Crippen molar-refractivity contribution in [1.82, 2.24) is 24.9 Å². The van der Waals surface area contributed by atoms with Crippen LogP contribution in [0, 0.1) is 11.8 Å². The highest BCUT2D eigenvalue weighted by Gasteiger charge is 2.38. The number of rotatable bonds is 8. The number of aryl methyl sites for hydroxylation is 1. The number of amides is 1. The number of carbonyl (C=O) groups excluding carboxylic acids is 1. The lowest BCUT2D eigenvalue weighted by Gasteiger charge is -2.27. The Bertz CT molecular complexity index is 1120. The van der Waals surface area contributed by atoms with Gasteiger partial charge in [0.2, 0.25) is 5.88 Å². The molecule has 36 heavy (non-hydrogen) atoms. The van der Waals surface area contributed by atoms with E-state index in [4.69, 9.17) is 9.47 Å². The van der Waals surface area contributed by atoms with Gasteiger partial charge >= 0.3 is 18.2 Å². The van der Waals surface area contributed by atoms with Crippen LogP contribution in [0.4, 0.5) is 18.0 Å². The van der Waals surface area contributed by atoms with Gasteiger partial charge in [0.25, 0.3) is 0 Å². The normalized spacial score (nSPS) is 20.1. The molecule has 10 nitrogen and oxygen atoms in total. The Labute approximate surface area is 205 Å². The number of aromatic nitrogens is 4. The van der Waals surface area contributed by atoms with E-state index in [-0.39, 0.29) is 24.3 Å². The van der Waals surface area contributed by atoms with Crippen LogP contribution >= 0.6 is 0 Å². The molecule has 13 heteroatoms. The average molecular weight is 512 g/mol. The summed E-state index contributed by atoms with van der Waals surface area (Å²) in [6.45, 7) is 0.356. The van der Waals surface area contributed by atoms with E-state index in [9.17, 15) is 27.9 Å². The minimum Gasteiger partial charge on any atom is -0.481 e. The Morgan fingerprint density at radius 1 is 1.25 bits per heavy atom. The van der Waals surface area contributed by atoms with Crippen LogP contribution in [0.15, 0.2) is 12.3 Å². The lowest BCUT2D eigenvalue weighted by molar-refractivity contribution is -0.145. The molecule has 2 fully saturated rings. The number of carboxylic acid groups (broad SMARTS) is 1. The van der Waals surface area contributed by atoms with Crippen LogP contribution in [0.25, 0.3) is 11.3 Å². The standard InChI is InChI=1S/C23H28F3N5O5/c1-30(11-13-6-7-13)22(34)35-12-18-19(28-29-31(18)2)15-9-17(23(24,25)26)20(27-10-15)36-16-5-3-4-14(8-16)21(32)33/h9-10,13-14,16H,3-8,11-12H2,1-2H3,(H,32,33)/t14-,16-/m0/s1.